The van der Waals surface area contributed by atoms with Gasteiger partial charge in [-0.05, 0) is 57.6 Å². The molecule has 9 heteroatoms. The van der Waals surface area contributed by atoms with Gasteiger partial charge in [-0.2, -0.15) is 0 Å². The Morgan fingerprint density at radius 1 is 1.26 bits per heavy atom. The van der Waals surface area contributed by atoms with Gasteiger partial charge in [-0.3, -0.25) is 14.2 Å². The molecule has 0 saturated carbocycles. The van der Waals surface area contributed by atoms with E-state index in [1.54, 1.807) is 42.8 Å². The summed E-state index contributed by atoms with van der Waals surface area (Å²) >= 11 is 2.84. The first-order valence-electron chi connectivity index (χ1n) is 11.6. The largest absolute Gasteiger partial charge is 0.462 e. The van der Waals surface area contributed by atoms with E-state index < -0.39 is 5.97 Å². The molecule has 0 aromatic carbocycles. The number of H-pyrrole nitrogens is 1. The number of aromatic nitrogens is 3. The summed E-state index contributed by atoms with van der Waals surface area (Å²) in [6.07, 6.45) is 7.00. The molecule has 180 valence electrons. The molecule has 0 amide bonds. The molecule has 34 heavy (non-hydrogen) atoms. The minimum Gasteiger partial charge on any atom is -0.462 e. The zero-order valence-electron chi connectivity index (χ0n) is 19.8. The Kier molecular flexibility index (Phi) is 7.42. The smallest absolute Gasteiger partial charge is 0.340 e. The lowest BCUT2D eigenvalue weighted by Gasteiger charge is -2.10. The van der Waals surface area contributed by atoms with Gasteiger partial charge in [-0.15, -0.1) is 17.9 Å². The average molecular weight is 500 g/mol. The molecule has 0 aliphatic heterocycles. The standard InChI is InChI=1S/C25H29N3O4S2/c1-5-12-28-23(30)20-16-10-8-7-9-11-18(16)34-22(20)27-25(28)33-13-17(29)21-14(3)19(15(4)26-21)24(31)32-6-2/h5,26H,1,6-13H2,2-4H3. The van der Waals surface area contributed by atoms with Crippen molar-refractivity contribution in [1.82, 2.24) is 14.5 Å². The number of ketones is 1. The van der Waals surface area contributed by atoms with E-state index in [0.29, 0.717) is 34.2 Å². The first-order chi connectivity index (χ1) is 16.4. The zero-order chi connectivity index (χ0) is 24.4. The summed E-state index contributed by atoms with van der Waals surface area (Å²) in [5.41, 5.74) is 3.07. The summed E-state index contributed by atoms with van der Waals surface area (Å²) in [5, 5.41) is 1.24. The molecule has 3 aromatic rings. The molecule has 0 radical (unpaired) electrons. The molecule has 0 bridgehead atoms. The van der Waals surface area contributed by atoms with Gasteiger partial charge in [0.2, 0.25) is 0 Å². The number of esters is 1. The Hall–Kier alpha value is -2.65. The maximum Gasteiger partial charge on any atom is 0.340 e. The van der Waals surface area contributed by atoms with E-state index >= 15 is 0 Å². The third-order valence-electron chi connectivity index (χ3n) is 6.13. The van der Waals surface area contributed by atoms with Crippen molar-refractivity contribution >= 4 is 45.1 Å². The lowest BCUT2D eigenvalue weighted by Crippen LogP contribution is -2.23. The molecule has 0 fully saturated rings. The van der Waals surface area contributed by atoms with Crippen molar-refractivity contribution in [2.75, 3.05) is 12.4 Å². The predicted octanol–water partition coefficient (Wildman–Crippen LogP) is 5.01. The van der Waals surface area contributed by atoms with Crippen LogP contribution < -0.4 is 5.56 Å². The summed E-state index contributed by atoms with van der Waals surface area (Å²) in [7, 11) is 0. The Balaban J connectivity index is 1.65. The number of thiophene rings is 1. The van der Waals surface area contributed by atoms with Crippen LogP contribution in [-0.2, 0) is 24.1 Å². The number of carbonyl (C=O) groups is 2. The highest BCUT2D eigenvalue weighted by molar-refractivity contribution is 7.99. The van der Waals surface area contributed by atoms with Crippen LogP contribution >= 0.6 is 23.1 Å². The van der Waals surface area contributed by atoms with Crippen LogP contribution in [0.2, 0.25) is 0 Å². The molecule has 1 N–H and O–H groups in total. The fraction of sp³-hybridized carbons (Fsp3) is 0.440. The van der Waals surface area contributed by atoms with Gasteiger partial charge in [-0.25, -0.2) is 9.78 Å². The number of carbonyl (C=O) groups excluding carboxylic acids is 2. The first kappa shape index (κ1) is 24.5. The van der Waals surface area contributed by atoms with Gasteiger partial charge < -0.3 is 9.72 Å². The van der Waals surface area contributed by atoms with Crippen molar-refractivity contribution in [3.63, 3.8) is 0 Å². The SMILES string of the molecule is C=CCn1c(SCC(=O)c2[nH]c(C)c(C(=O)OCC)c2C)nc2sc3c(c2c1=O)CCCCC3. The number of Topliss-reactive ketones (excluding diaryl/α,β-unsaturated/α-hetero) is 1. The first-order valence-corrected chi connectivity index (χ1v) is 13.4. The Labute approximate surface area is 206 Å². The van der Waals surface area contributed by atoms with E-state index in [1.807, 2.05) is 0 Å². The number of thioether (sulfide) groups is 1. The van der Waals surface area contributed by atoms with Gasteiger partial charge in [0, 0.05) is 17.1 Å². The highest BCUT2D eigenvalue weighted by Gasteiger charge is 2.25. The van der Waals surface area contributed by atoms with Crippen molar-refractivity contribution in [3.8, 4) is 0 Å². The van der Waals surface area contributed by atoms with Gasteiger partial charge in [0.05, 0.1) is 29.0 Å². The highest BCUT2D eigenvalue weighted by Crippen LogP contribution is 2.34. The van der Waals surface area contributed by atoms with Crippen LogP contribution in [0.1, 0.15) is 68.7 Å². The van der Waals surface area contributed by atoms with Gasteiger partial charge in [0.1, 0.15) is 4.83 Å². The molecule has 1 aliphatic rings. The maximum atomic E-state index is 13.5. The number of aryl methyl sites for hydroxylation is 3. The summed E-state index contributed by atoms with van der Waals surface area (Å²) in [5.74, 6) is -0.518. The van der Waals surface area contributed by atoms with Crippen LogP contribution in [0.15, 0.2) is 22.6 Å². The zero-order valence-corrected chi connectivity index (χ0v) is 21.4. The van der Waals surface area contributed by atoms with Crippen LogP contribution in [0.25, 0.3) is 10.2 Å². The second kappa shape index (κ2) is 10.3. The average Bonchev–Trinajstić information content (AvgIpc) is 3.20. The number of aromatic amines is 1. The van der Waals surface area contributed by atoms with Crippen LogP contribution in [-0.4, -0.2) is 38.6 Å². The summed E-state index contributed by atoms with van der Waals surface area (Å²) < 4.78 is 6.73. The number of nitrogens with one attached hydrogen (secondary N) is 1. The number of hydrogen-bond acceptors (Lipinski definition) is 7. The number of allylic oxidation sites excluding steroid dienone is 1. The summed E-state index contributed by atoms with van der Waals surface area (Å²) in [6, 6.07) is 0. The second-order valence-electron chi connectivity index (χ2n) is 8.40. The molecule has 0 atom stereocenters. The van der Waals surface area contributed by atoms with Gasteiger partial charge in [0.15, 0.2) is 10.9 Å². The molecular weight excluding hydrogens is 470 g/mol. The van der Waals surface area contributed by atoms with Gasteiger partial charge >= 0.3 is 5.97 Å². The molecule has 7 nitrogen and oxygen atoms in total. The lowest BCUT2D eigenvalue weighted by molar-refractivity contribution is 0.0525. The van der Waals surface area contributed by atoms with Crippen molar-refractivity contribution in [2.45, 2.75) is 64.6 Å². The van der Waals surface area contributed by atoms with E-state index in [2.05, 4.69) is 11.6 Å². The lowest BCUT2D eigenvalue weighted by atomic mass is 10.1. The fourth-order valence-corrected chi connectivity index (χ4v) is 6.72. The Bertz CT molecular complexity index is 1330. The number of nitrogens with zero attached hydrogens (tertiary/aromatic N) is 2. The van der Waals surface area contributed by atoms with Crippen molar-refractivity contribution < 1.29 is 14.3 Å². The molecular formula is C25H29N3O4S2. The third kappa shape index (κ3) is 4.51. The van der Waals surface area contributed by atoms with E-state index in [1.165, 1.54) is 23.1 Å². The predicted molar refractivity (Wildman–Crippen MR) is 137 cm³/mol. The van der Waals surface area contributed by atoms with E-state index in [9.17, 15) is 14.4 Å². The van der Waals surface area contributed by atoms with Crippen LogP contribution in [0.4, 0.5) is 0 Å². The molecule has 3 heterocycles. The monoisotopic (exact) mass is 499 g/mol. The van der Waals surface area contributed by atoms with E-state index in [-0.39, 0.29) is 23.7 Å². The topological polar surface area (TPSA) is 94.1 Å². The van der Waals surface area contributed by atoms with E-state index in [0.717, 1.165) is 41.5 Å². The molecule has 0 unspecified atom stereocenters. The minimum atomic E-state index is -0.440. The van der Waals surface area contributed by atoms with Crippen LogP contribution in [0.3, 0.4) is 0 Å². The molecule has 4 rings (SSSR count). The number of fused-ring (bicyclic) bond motifs is 3. The highest BCUT2D eigenvalue weighted by atomic mass is 32.2. The normalized spacial score (nSPS) is 13.5. The Morgan fingerprint density at radius 3 is 2.76 bits per heavy atom. The van der Waals surface area contributed by atoms with E-state index in [4.69, 9.17) is 9.72 Å². The van der Waals surface area contributed by atoms with Gasteiger partial charge in [0.25, 0.3) is 5.56 Å². The molecule has 1 aliphatic carbocycles. The van der Waals surface area contributed by atoms with Crippen molar-refractivity contribution in [3.05, 3.63) is 56.0 Å². The van der Waals surface area contributed by atoms with Crippen molar-refractivity contribution in [2.24, 2.45) is 0 Å². The maximum absolute atomic E-state index is 13.5. The number of hydrogen-bond donors (Lipinski definition) is 1. The van der Waals surface area contributed by atoms with Gasteiger partial charge in [-0.1, -0.05) is 24.3 Å². The Morgan fingerprint density at radius 2 is 2.03 bits per heavy atom. The molecule has 0 spiro atoms. The van der Waals surface area contributed by atoms with Crippen LogP contribution in [0.5, 0.6) is 0 Å². The summed E-state index contributed by atoms with van der Waals surface area (Å²) in [6.45, 7) is 9.63. The molecule has 3 aromatic heterocycles. The summed E-state index contributed by atoms with van der Waals surface area (Å²) in [4.78, 5) is 48.7. The third-order valence-corrected chi connectivity index (χ3v) is 8.29. The fourth-order valence-electron chi connectivity index (χ4n) is 4.54. The second-order valence-corrected chi connectivity index (χ2v) is 10.4. The minimum absolute atomic E-state index is 0.0595. The van der Waals surface area contributed by atoms with Crippen LogP contribution in [0, 0.1) is 13.8 Å². The number of ether oxygens (including phenoxy) is 1. The molecule has 0 saturated heterocycles. The number of rotatable bonds is 8. The van der Waals surface area contributed by atoms with Crippen molar-refractivity contribution in [1.29, 1.82) is 0 Å². The quantitative estimate of drug-likeness (QED) is 0.117.